The topological polar surface area (TPSA) is 15.3 Å². The van der Waals surface area contributed by atoms with Gasteiger partial charge in [0, 0.05) is 29.2 Å². The fraction of sp³-hybridized carbons (Fsp3) is 0.412. The number of benzene rings is 1. The van der Waals surface area contributed by atoms with E-state index in [9.17, 15) is 0 Å². The van der Waals surface area contributed by atoms with Crippen molar-refractivity contribution in [2.45, 2.75) is 26.9 Å². The molecule has 1 heterocycles. The Morgan fingerprint density at radius 1 is 1.29 bits per heavy atom. The Kier molecular flexibility index (Phi) is 6.09. The zero-order valence-corrected chi connectivity index (χ0v) is 14.5. The summed E-state index contributed by atoms with van der Waals surface area (Å²) >= 11 is 8.19. The number of nitrogens with one attached hydrogen (secondary N) is 1. The standard InChI is InChI=1S/C17H23ClN2S/c1-13(2)10-19-11-14-6-7-15(9-17(14)18)20(3)12-16-5-4-8-21-16/h4-9,13,19H,10-12H2,1-3H3. The van der Waals surface area contributed by atoms with Crippen LogP contribution in [-0.4, -0.2) is 13.6 Å². The molecule has 0 spiro atoms. The summed E-state index contributed by atoms with van der Waals surface area (Å²) in [4.78, 5) is 3.58. The Morgan fingerprint density at radius 3 is 2.71 bits per heavy atom. The largest absolute Gasteiger partial charge is 0.369 e. The molecule has 1 aromatic heterocycles. The van der Waals surface area contributed by atoms with Gasteiger partial charge in [0.15, 0.2) is 0 Å². The van der Waals surface area contributed by atoms with Gasteiger partial charge in [-0.3, -0.25) is 0 Å². The Morgan fingerprint density at radius 2 is 2.10 bits per heavy atom. The van der Waals surface area contributed by atoms with Crippen molar-refractivity contribution in [3.05, 3.63) is 51.2 Å². The quantitative estimate of drug-likeness (QED) is 0.789. The molecule has 2 rings (SSSR count). The highest BCUT2D eigenvalue weighted by Crippen LogP contribution is 2.25. The summed E-state index contributed by atoms with van der Waals surface area (Å²) in [6, 6.07) is 10.6. The summed E-state index contributed by atoms with van der Waals surface area (Å²) in [5.41, 5.74) is 2.31. The van der Waals surface area contributed by atoms with Gasteiger partial charge in [-0.25, -0.2) is 0 Å². The van der Waals surface area contributed by atoms with Crippen LogP contribution in [0, 0.1) is 5.92 Å². The number of halogens is 1. The second-order valence-electron chi connectivity index (χ2n) is 5.74. The predicted octanol–water partition coefficient (Wildman–Crippen LogP) is 4.78. The highest BCUT2D eigenvalue weighted by atomic mass is 35.5. The van der Waals surface area contributed by atoms with Gasteiger partial charge in [-0.15, -0.1) is 11.3 Å². The van der Waals surface area contributed by atoms with Gasteiger partial charge in [0.2, 0.25) is 0 Å². The van der Waals surface area contributed by atoms with Crippen molar-refractivity contribution in [1.82, 2.24) is 5.32 Å². The van der Waals surface area contributed by atoms with Crippen LogP contribution in [0.5, 0.6) is 0 Å². The molecule has 0 saturated carbocycles. The first-order chi connectivity index (χ1) is 10.1. The zero-order chi connectivity index (χ0) is 15.2. The van der Waals surface area contributed by atoms with E-state index in [1.165, 1.54) is 4.88 Å². The van der Waals surface area contributed by atoms with Crippen molar-refractivity contribution in [3.63, 3.8) is 0 Å². The molecule has 21 heavy (non-hydrogen) atoms. The maximum absolute atomic E-state index is 6.41. The van der Waals surface area contributed by atoms with Crippen LogP contribution in [0.4, 0.5) is 5.69 Å². The average Bonchev–Trinajstić information content (AvgIpc) is 2.93. The molecule has 4 heteroatoms. The van der Waals surface area contributed by atoms with Gasteiger partial charge in [0.1, 0.15) is 0 Å². The Labute approximate surface area is 136 Å². The lowest BCUT2D eigenvalue weighted by Crippen LogP contribution is -2.19. The second-order valence-corrected chi connectivity index (χ2v) is 7.18. The molecule has 0 unspecified atom stereocenters. The van der Waals surface area contributed by atoms with Gasteiger partial charge in [-0.05, 0) is 41.6 Å². The van der Waals surface area contributed by atoms with Gasteiger partial charge in [0.25, 0.3) is 0 Å². The van der Waals surface area contributed by atoms with Crippen LogP contribution in [-0.2, 0) is 13.1 Å². The summed E-state index contributed by atoms with van der Waals surface area (Å²) in [5, 5.41) is 6.38. The Hall–Kier alpha value is -1.03. The third kappa shape index (κ3) is 5.03. The molecule has 0 aliphatic carbocycles. The first-order valence-electron chi connectivity index (χ1n) is 7.29. The van der Waals surface area contributed by atoms with E-state index in [1.807, 2.05) is 0 Å². The van der Waals surface area contributed by atoms with Crippen molar-refractivity contribution in [2.75, 3.05) is 18.5 Å². The molecule has 2 aromatic rings. The van der Waals surface area contributed by atoms with Gasteiger partial charge in [-0.1, -0.05) is 37.6 Å². The lowest BCUT2D eigenvalue weighted by molar-refractivity contribution is 0.552. The van der Waals surface area contributed by atoms with E-state index < -0.39 is 0 Å². The third-order valence-electron chi connectivity index (χ3n) is 3.32. The highest BCUT2D eigenvalue weighted by Gasteiger charge is 2.07. The van der Waals surface area contributed by atoms with Crippen molar-refractivity contribution < 1.29 is 0 Å². The summed E-state index contributed by atoms with van der Waals surface area (Å²) in [6.45, 7) is 7.16. The van der Waals surface area contributed by atoms with Gasteiger partial charge in [0.05, 0.1) is 6.54 Å². The number of thiophene rings is 1. The minimum atomic E-state index is 0.653. The SMILES string of the molecule is CC(C)CNCc1ccc(N(C)Cc2cccs2)cc1Cl. The van der Waals surface area contributed by atoms with Crippen molar-refractivity contribution in [2.24, 2.45) is 5.92 Å². The first kappa shape index (κ1) is 16.3. The molecule has 0 atom stereocenters. The third-order valence-corrected chi connectivity index (χ3v) is 4.53. The van der Waals surface area contributed by atoms with Crippen LogP contribution in [0.1, 0.15) is 24.3 Å². The van der Waals surface area contributed by atoms with E-state index in [0.29, 0.717) is 5.92 Å². The molecule has 0 saturated heterocycles. The number of rotatable bonds is 7. The summed E-state index contributed by atoms with van der Waals surface area (Å²) in [6.07, 6.45) is 0. The van der Waals surface area contributed by atoms with E-state index in [-0.39, 0.29) is 0 Å². The summed E-state index contributed by atoms with van der Waals surface area (Å²) in [5.74, 6) is 0.653. The van der Waals surface area contributed by atoms with Gasteiger partial charge < -0.3 is 10.2 Å². The van der Waals surface area contributed by atoms with E-state index in [4.69, 9.17) is 11.6 Å². The van der Waals surface area contributed by atoms with E-state index >= 15 is 0 Å². The van der Waals surface area contributed by atoms with Gasteiger partial charge >= 0.3 is 0 Å². The van der Waals surface area contributed by atoms with Gasteiger partial charge in [-0.2, -0.15) is 0 Å². The number of hydrogen-bond donors (Lipinski definition) is 1. The van der Waals surface area contributed by atoms with Crippen LogP contribution in [0.15, 0.2) is 35.7 Å². The molecule has 0 aliphatic rings. The minimum Gasteiger partial charge on any atom is -0.369 e. The Balaban J connectivity index is 1.97. The molecule has 1 aromatic carbocycles. The first-order valence-corrected chi connectivity index (χ1v) is 8.54. The van der Waals surface area contributed by atoms with E-state index in [2.05, 4.69) is 66.8 Å². The maximum atomic E-state index is 6.41. The fourth-order valence-corrected chi connectivity index (χ4v) is 3.14. The number of hydrogen-bond acceptors (Lipinski definition) is 3. The molecule has 0 fully saturated rings. The lowest BCUT2D eigenvalue weighted by atomic mass is 10.1. The molecule has 1 N–H and O–H groups in total. The minimum absolute atomic E-state index is 0.653. The maximum Gasteiger partial charge on any atom is 0.0519 e. The van der Waals surface area contributed by atoms with E-state index in [1.54, 1.807) is 11.3 Å². The smallest absolute Gasteiger partial charge is 0.0519 e. The van der Waals surface area contributed by atoms with Crippen LogP contribution < -0.4 is 10.2 Å². The second kappa shape index (κ2) is 7.83. The zero-order valence-electron chi connectivity index (χ0n) is 12.9. The molecular weight excluding hydrogens is 300 g/mol. The van der Waals surface area contributed by atoms with E-state index in [0.717, 1.165) is 35.9 Å². The lowest BCUT2D eigenvalue weighted by Gasteiger charge is -2.19. The molecule has 2 nitrogen and oxygen atoms in total. The Bertz CT molecular complexity index is 552. The number of anilines is 1. The molecule has 0 aliphatic heterocycles. The number of nitrogens with zero attached hydrogens (tertiary/aromatic N) is 1. The van der Waals surface area contributed by atoms with Crippen molar-refractivity contribution in [1.29, 1.82) is 0 Å². The van der Waals surface area contributed by atoms with Crippen LogP contribution in [0.25, 0.3) is 0 Å². The summed E-state index contributed by atoms with van der Waals surface area (Å²) in [7, 11) is 2.10. The highest BCUT2D eigenvalue weighted by molar-refractivity contribution is 7.09. The van der Waals surface area contributed by atoms with Crippen LogP contribution in [0.3, 0.4) is 0 Å². The van der Waals surface area contributed by atoms with Crippen molar-refractivity contribution in [3.8, 4) is 0 Å². The molecular formula is C17H23ClN2S. The molecule has 0 bridgehead atoms. The van der Waals surface area contributed by atoms with Crippen LogP contribution in [0.2, 0.25) is 5.02 Å². The van der Waals surface area contributed by atoms with Crippen molar-refractivity contribution >= 4 is 28.6 Å². The summed E-state index contributed by atoms with van der Waals surface area (Å²) < 4.78 is 0. The molecule has 114 valence electrons. The average molecular weight is 323 g/mol. The monoisotopic (exact) mass is 322 g/mol. The van der Waals surface area contributed by atoms with Crippen LogP contribution >= 0.6 is 22.9 Å². The molecule has 0 amide bonds. The molecule has 0 radical (unpaired) electrons. The fourth-order valence-electron chi connectivity index (χ4n) is 2.14. The predicted molar refractivity (Wildman–Crippen MR) is 94.4 cm³/mol. The normalized spacial score (nSPS) is 11.1.